The van der Waals surface area contributed by atoms with E-state index in [0.717, 1.165) is 0 Å². The topological polar surface area (TPSA) is 29.5 Å². The maximum Gasteiger partial charge on any atom is 0.191 e. The lowest BCUT2D eigenvalue weighted by molar-refractivity contribution is 0.0584. The van der Waals surface area contributed by atoms with Crippen LogP contribution in [-0.2, 0) is 4.43 Å². The van der Waals surface area contributed by atoms with Crippen LogP contribution in [0.15, 0.2) is 12.7 Å². The van der Waals surface area contributed by atoms with Crippen molar-refractivity contribution in [2.75, 3.05) is 6.61 Å². The zero-order chi connectivity index (χ0) is 13.9. The summed E-state index contributed by atoms with van der Waals surface area (Å²) in [5.74, 6) is 0. The van der Waals surface area contributed by atoms with Crippen molar-refractivity contribution in [1.29, 1.82) is 0 Å². The summed E-state index contributed by atoms with van der Waals surface area (Å²) in [4.78, 5) is 0. The number of rotatable bonds is 6. The van der Waals surface area contributed by atoms with Crippen LogP contribution in [0, 0.1) is 5.41 Å². The highest BCUT2D eigenvalue weighted by molar-refractivity contribution is 6.74. The molecule has 0 spiro atoms. The van der Waals surface area contributed by atoms with Gasteiger partial charge >= 0.3 is 0 Å². The lowest BCUT2D eigenvalue weighted by Crippen LogP contribution is -2.41. The molecule has 0 heterocycles. The van der Waals surface area contributed by atoms with Crippen molar-refractivity contribution >= 4 is 8.32 Å². The van der Waals surface area contributed by atoms with Crippen molar-refractivity contribution < 1.29 is 9.53 Å². The number of hydrogen-bond donors (Lipinski definition) is 1. The summed E-state index contributed by atoms with van der Waals surface area (Å²) in [7, 11) is -1.68. The van der Waals surface area contributed by atoms with Crippen molar-refractivity contribution in [2.45, 2.75) is 65.3 Å². The maximum atomic E-state index is 10.0. The monoisotopic (exact) mass is 258 g/mol. The molecule has 0 saturated heterocycles. The summed E-state index contributed by atoms with van der Waals surface area (Å²) in [6, 6.07) is 0. The standard InChI is InChI=1S/C14H30O2Si/c1-9-14(5,6)12(15)10-11-16-17(7,8)13(2,3)4/h9,12,15H,1,10-11H2,2-8H3/t12-/m1/s1. The number of aliphatic hydroxyl groups is 1. The van der Waals surface area contributed by atoms with E-state index in [2.05, 4.69) is 40.4 Å². The van der Waals surface area contributed by atoms with Gasteiger partial charge in [0.1, 0.15) is 0 Å². The van der Waals surface area contributed by atoms with Crippen LogP contribution in [0.5, 0.6) is 0 Å². The molecule has 0 aliphatic carbocycles. The molecule has 0 amide bonds. The number of aliphatic hydroxyl groups excluding tert-OH is 1. The van der Waals surface area contributed by atoms with E-state index in [1.165, 1.54) is 0 Å². The van der Waals surface area contributed by atoms with Crippen LogP contribution in [-0.4, -0.2) is 26.1 Å². The van der Waals surface area contributed by atoms with E-state index < -0.39 is 8.32 Å². The molecule has 17 heavy (non-hydrogen) atoms. The van der Waals surface area contributed by atoms with E-state index >= 15 is 0 Å². The molecule has 0 aromatic rings. The average molecular weight is 258 g/mol. The van der Waals surface area contributed by atoms with Gasteiger partial charge < -0.3 is 9.53 Å². The average Bonchev–Trinajstić information content (AvgIpc) is 2.15. The molecule has 0 aliphatic heterocycles. The SMILES string of the molecule is C=CC(C)(C)[C@H](O)CCO[Si](C)(C)C(C)(C)C. The van der Waals surface area contributed by atoms with Crippen molar-refractivity contribution in [1.82, 2.24) is 0 Å². The third-order valence-corrected chi connectivity index (χ3v) is 8.58. The molecule has 0 aromatic carbocycles. The lowest BCUT2D eigenvalue weighted by atomic mass is 9.85. The molecule has 0 saturated carbocycles. The van der Waals surface area contributed by atoms with Crippen molar-refractivity contribution in [3.05, 3.63) is 12.7 Å². The van der Waals surface area contributed by atoms with E-state index in [0.29, 0.717) is 13.0 Å². The molecule has 1 N–H and O–H groups in total. The molecular weight excluding hydrogens is 228 g/mol. The highest BCUT2D eigenvalue weighted by atomic mass is 28.4. The first kappa shape index (κ1) is 16.9. The summed E-state index contributed by atoms with van der Waals surface area (Å²) < 4.78 is 6.05. The Kier molecular flexibility index (Phi) is 5.64. The van der Waals surface area contributed by atoms with Crippen LogP contribution in [0.25, 0.3) is 0 Å². The van der Waals surface area contributed by atoms with Gasteiger partial charge in [-0.25, -0.2) is 0 Å². The predicted molar refractivity (Wildman–Crippen MR) is 77.8 cm³/mol. The second kappa shape index (κ2) is 5.68. The van der Waals surface area contributed by atoms with Crippen LogP contribution in [0.2, 0.25) is 18.1 Å². The Hall–Kier alpha value is -0.123. The van der Waals surface area contributed by atoms with Crippen LogP contribution in [0.4, 0.5) is 0 Å². The molecule has 0 fully saturated rings. The van der Waals surface area contributed by atoms with E-state index in [1.807, 2.05) is 19.9 Å². The normalized spacial score (nSPS) is 15.8. The van der Waals surface area contributed by atoms with E-state index in [9.17, 15) is 5.11 Å². The van der Waals surface area contributed by atoms with E-state index in [-0.39, 0.29) is 16.6 Å². The number of hydrogen-bond acceptors (Lipinski definition) is 2. The predicted octanol–water partition coefficient (Wildman–Crippen LogP) is 3.97. The highest BCUT2D eigenvalue weighted by Gasteiger charge is 2.37. The molecule has 0 bridgehead atoms. The second-order valence-electron chi connectivity index (χ2n) is 6.94. The third-order valence-electron chi connectivity index (χ3n) is 4.05. The fourth-order valence-electron chi connectivity index (χ4n) is 1.15. The Labute approximate surface area is 108 Å². The van der Waals surface area contributed by atoms with Gasteiger partial charge in [-0.1, -0.05) is 40.7 Å². The van der Waals surface area contributed by atoms with Crippen molar-refractivity contribution in [2.24, 2.45) is 5.41 Å². The van der Waals surface area contributed by atoms with E-state index in [4.69, 9.17) is 4.43 Å². The Morgan fingerprint density at radius 3 is 2.06 bits per heavy atom. The fraction of sp³-hybridized carbons (Fsp3) is 0.857. The van der Waals surface area contributed by atoms with Gasteiger partial charge in [0, 0.05) is 12.0 Å². The van der Waals surface area contributed by atoms with Crippen LogP contribution >= 0.6 is 0 Å². The zero-order valence-corrected chi connectivity index (χ0v) is 13.6. The fourth-order valence-corrected chi connectivity index (χ4v) is 2.21. The second-order valence-corrected chi connectivity index (χ2v) is 11.7. The van der Waals surface area contributed by atoms with E-state index in [1.54, 1.807) is 0 Å². The van der Waals surface area contributed by atoms with Gasteiger partial charge in [0.2, 0.25) is 0 Å². The quantitative estimate of drug-likeness (QED) is 0.577. The smallest absolute Gasteiger partial charge is 0.191 e. The lowest BCUT2D eigenvalue weighted by Gasteiger charge is -2.37. The van der Waals surface area contributed by atoms with Crippen molar-refractivity contribution in [3.8, 4) is 0 Å². The van der Waals surface area contributed by atoms with Gasteiger partial charge in [-0.3, -0.25) is 0 Å². The highest BCUT2D eigenvalue weighted by Crippen LogP contribution is 2.36. The molecular formula is C14H30O2Si. The summed E-state index contributed by atoms with van der Waals surface area (Å²) >= 11 is 0. The summed E-state index contributed by atoms with van der Waals surface area (Å²) in [6.45, 7) is 19.5. The minimum Gasteiger partial charge on any atom is -0.417 e. The van der Waals surface area contributed by atoms with Gasteiger partial charge in [0.15, 0.2) is 8.32 Å². The molecule has 102 valence electrons. The molecule has 0 radical (unpaired) electrons. The summed E-state index contributed by atoms with van der Waals surface area (Å²) in [6.07, 6.45) is 2.10. The first-order chi connectivity index (χ1) is 7.44. The molecule has 0 rings (SSSR count). The summed E-state index contributed by atoms with van der Waals surface area (Å²) in [5, 5.41) is 10.3. The molecule has 0 unspecified atom stereocenters. The van der Waals surface area contributed by atoms with Crippen molar-refractivity contribution in [3.63, 3.8) is 0 Å². The molecule has 2 nitrogen and oxygen atoms in total. The molecule has 0 aromatic heterocycles. The Balaban J connectivity index is 4.22. The minimum atomic E-state index is -1.68. The first-order valence-corrected chi connectivity index (χ1v) is 9.30. The van der Waals surface area contributed by atoms with Gasteiger partial charge in [-0.2, -0.15) is 0 Å². The Bertz CT molecular complexity index is 251. The van der Waals surface area contributed by atoms with Crippen LogP contribution in [0.1, 0.15) is 41.0 Å². The minimum absolute atomic E-state index is 0.228. The van der Waals surface area contributed by atoms with Gasteiger partial charge in [-0.15, -0.1) is 6.58 Å². The van der Waals surface area contributed by atoms with Gasteiger partial charge in [0.05, 0.1) is 6.10 Å². The molecule has 0 aliphatic rings. The Morgan fingerprint density at radius 1 is 1.24 bits per heavy atom. The summed E-state index contributed by atoms with van der Waals surface area (Å²) in [5.41, 5.74) is -0.239. The van der Waals surface area contributed by atoms with Gasteiger partial charge in [-0.05, 0) is 24.6 Å². The van der Waals surface area contributed by atoms with Crippen LogP contribution < -0.4 is 0 Å². The molecule has 3 heteroatoms. The molecule has 1 atom stereocenters. The first-order valence-electron chi connectivity index (χ1n) is 6.39. The van der Waals surface area contributed by atoms with Crippen LogP contribution in [0.3, 0.4) is 0 Å². The zero-order valence-electron chi connectivity index (χ0n) is 12.6. The maximum absolute atomic E-state index is 10.0. The van der Waals surface area contributed by atoms with Gasteiger partial charge in [0.25, 0.3) is 0 Å². The largest absolute Gasteiger partial charge is 0.417 e. The third kappa shape index (κ3) is 4.94. The Morgan fingerprint density at radius 2 is 1.71 bits per heavy atom.